The molecule has 1 aromatic heterocycles. The molecule has 0 atom stereocenters. The third kappa shape index (κ3) is 5.23. The fourth-order valence-corrected chi connectivity index (χ4v) is 1.63. The molecule has 0 bridgehead atoms. The van der Waals surface area contributed by atoms with Gasteiger partial charge in [-0.3, -0.25) is 0 Å². The zero-order valence-electron chi connectivity index (χ0n) is 11.4. The smallest absolute Gasteiger partial charge is 0.213 e. The first-order valence-corrected chi connectivity index (χ1v) is 6.98. The summed E-state index contributed by atoms with van der Waals surface area (Å²) in [6, 6.07) is 3.91. The minimum absolute atomic E-state index is 0.367. The quantitative estimate of drug-likeness (QED) is 0.533. The molecule has 0 amide bonds. The Bertz CT molecular complexity index is 356. The highest BCUT2D eigenvalue weighted by Gasteiger charge is 2.06. The Hall–Kier alpha value is -0.800. The standard InChI is InChI=1S/C14H22ClNO2/c1-4-5-17-6-7-18-14-9-12(10-15)8-13(16-14)11(2)3/h8-9,11H,4-7,10H2,1-3H3. The van der Waals surface area contributed by atoms with Gasteiger partial charge in [-0.25, -0.2) is 4.98 Å². The third-order valence-corrected chi connectivity index (χ3v) is 2.76. The average molecular weight is 272 g/mol. The molecule has 102 valence electrons. The number of rotatable bonds is 8. The van der Waals surface area contributed by atoms with E-state index in [1.54, 1.807) is 0 Å². The Labute approximate surface area is 114 Å². The van der Waals surface area contributed by atoms with Crippen molar-refractivity contribution in [3.8, 4) is 5.88 Å². The maximum Gasteiger partial charge on any atom is 0.213 e. The van der Waals surface area contributed by atoms with Crippen molar-refractivity contribution >= 4 is 11.6 Å². The molecular weight excluding hydrogens is 250 g/mol. The molecule has 0 fully saturated rings. The molecule has 0 aliphatic heterocycles. The van der Waals surface area contributed by atoms with Gasteiger partial charge in [0.1, 0.15) is 6.61 Å². The van der Waals surface area contributed by atoms with Crippen LogP contribution in [0.1, 0.15) is 44.4 Å². The molecule has 0 aromatic carbocycles. The first-order chi connectivity index (χ1) is 8.67. The van der Waals surface area contributed by atoms with Crippen molar-refractivity contribution in [3.05, 3.63) is 23.4 Å². The zero-order valence-corrected chi connectivity index (χ0v) is 12.2. The average Bonchev–Trinajstić information content (AvgIpc) is 2.38. The van der Waals surface area contributed by atoms with Crippen molar-refractivity contribution in [1.82, 2.24) is 4.98 Å². The van der Waals surface area contributed by atoms with Crippen molar-refractivity contribution in [2.45, 2.75) is 39.0 Å². The van der Waals surface area contributed by atoms with Crippen LogP contribution in [0.5, 0.6) is 5.88 Å². The van der Waals surface area contributed by atoms with Crippen LogP contribution in [0.2, 0.25) is 0 Å². The molecule has 0 saturated heterocycles. The van der Waals surface area contributed by atoms with E-state index in [1.165, 1.54) is 0 Å². The minimum Gasteiger partial charge on any atom is -0.475 e. The Morgan fingerprint density at radius 1 is 1.22 bits per heavy atom. The summed E-state index contributed by atoms with van der Waals surface area (Å²) < 4.78 is 11.0. The Morgan fingerprint density at radius 2 is 2.00 bits per heavy atom. The maximum atomic E-state index is 5.87. The van der Waals surface area contributed by atoms with Crippen molar-refractivity contribution in [2.75, 3.05) is 19.8 Å². The minimum atomic E-state index is 0.367. The van der Waals surface area contributed by atoms with E-state index in [1.807, 2.05) is 12.1 Å². The normalized spacial score (nSPS) is 10.9. The lowest BCUT2D eigenvalue weighted by atomic mass is 10.1. The van der Waals surface area contributed by atoms with E-state index in [4.69, 9.17) is 21.1 Å². The van der Waals surface area contributed by atoms with Crippen LogP contribution in [0, 0.1) is 0 Å². The lowest BCUT2D eigenvalue weighted by Gasteiger charge is -2.11. The number of hydrogen-bond donors (Lipinski definition) is 0. The second kappa shape index (κ2) is 8.33. The number of halogens is 1. The van der Waals surface area contributed by atoms with Crippen LogP contribution in [0.25, 0.3) is 0 Å². The highest BCUT2D eigenvalue weighted by Crippen LogP contribution is 2.20. The summed E-state index contributed by atoms with van der Waals surface area (Å²) in [6.07, 6.45) is 1.03. The van der Waals surface area contributed by atoms with E-state index in [0.29, 0.717) is 30.9 Å². The number of aromatic nitrogens is 1. The van der Waals surface area contributed by atoms with Gasteiger partial charge in [0, 0.05) is 24.2 Å². The van der Waals surface area contributed by atoms with Gasteiger partial charge < -0.3 is 9.47 Å². The van der Waals surface area contributed by atoms with E-state index in [-0.39, 0.29) is 0 Å². The van der Waals surface area contributed by atoms with E-state index < -0.39 is 0 Å². The molecular formula is C14H22ClNO2. The fraction of sp³-hybridized carbons (Fsp3) is 0.643. The van der Waals surface area contributed by atoms with Gasteiger partial charge in [-0.15, -0.1) is 11.6 Å². The lowest BCUT2D eigenvalue weighted by molar-refractivity contribution is 0.0989. The maximum absolute atomic E-state index is 5.87. The van der Waals surface area contributed by atoms with Crippen molar-refractivity contribution in [3.63, 3.8) is 0 Å². The number of pyridine rings is 1. The highest BCUT2D eigenvalue weighted by molar-refractivity contribution is 6.17. The SMILES string of the molecule is CCCOCCOc1cc(CCl)cc(C(C)C)n1. The Kier molecular flexibility index (Phi) is 7.06. The molecule has 0 aliphatic rings. The molecule has 3 nitrogen and oxygen atoms in total. The summed E-state index contributed by atoms with van der Waals surface area (Å²) in [7, 11) is 0. The molecule has 0 N–H and O–H groups in total. The Morgan fingerprint density at radius 3 is 2.61 bits per heavy atom. The van der Waals surface area contributed by atoms with Crippen molar-refractivity contribution in [2.24, 2.45) is 0 Å². The molecule has 0 aliphatic carbocycles. The predicted molar refractivity (Wildman–Crippen MR) is 74.5 cm³/mol. The van der Waals surface area contributed by atoms with Gasteiger partial charge in [-0.1, -0.05) is 20.8 Å². The van der Waals surface area contributed by atoms with Gasteiger partial charge in [-0.2, -0.15) is 0 Å². The third-order valence-electron chi connectivity index (χ3n) is 2.45. The largest absolute Gasteiger partial charge is 0.475 e. The van der Waals surface area contributed by atoms with Gasteiger partial charge in [0.2, 0.25) is 5.88 Å². The topological polar surface area (TPSA) is 31.4 Å². The van der Waals surface area contributed by atoms with Gasteiger partial charge in [0.15, 0.2) is 0 Å². The van der Waals surface area contributed by atoms with Gasteiger partial charge in [-0.05, 0) is 24.0 Å². The zero-order chi connectivity index (χ0) is 13.4. The summed E-state index contributed by atoms with van der Waals surface area (Å²) >= 11 is 5.87. The molecule has 18 heavy (non-hydrogen) atoms. The second-order valence-electron chi connectivity index (χ2n) is 4.49. The molecule has 4 heteroatoms. The predicted octanol–water partition coefficient (Wildman–Crippen LogP) is 3.75. The summed E-state index contributed by atoms with van der Waals surface area (Å²) in [5.41, 5.74) is 2.05. The molecule has 1 heterocycles. The van der Waals surface area contributed by atoms with Crippen LogP contribution in [0.3, 0.4) is 0 Å². The molecule has 0 saturated carbocycles. The van der Waals surface area contributed by atoms with Crippen LogP contribution >= 0.6 is 11.6 Å². The first kappa shape index (κ1) is 15.3. The second-order valence-corrected chi connectivity index (χ2v) is 4.75. The van der Waals surface area contributed by atoms with Crippen molar-refractivity contribution in [1.29, 1.82) is 0 Å². The van der Waals surface area contributed by atoms with Crippen LogP contribution in [0.4, 0.5) is 0 Å². The molecule has 0 unspecified atom stereocenters. The number of ether oxygens (including phenoxy) is 2. The molecule has 1 aromatic rings. The monoisotopic (exact) mass is 271 g/mol. The fourth-order valence-electron chi connectivity index (χ4n) is 1.48. The van der Waals surface area contributed by atoms with Gasteiger partial charge >= 0.3 is 0 Å². The molecule has 1 rings (SSSR count). The van der Waals surface area contributed by atoms with Crippen LogP contribution in [-0.2, 0) is 10.6 Å². The highest BCUT2D eigenvalue weighted by atomic mass is 35.5. The Balaban J connectivity index is 2.56. The van der Waals surface area contributed by atoms with E-state index in [0.717, 1.165) is 24.3 Å². The summed E-state index contributed by atoms with van der Waals surface area (Å²) in [5, 5.41) is 0. The lowest BCUT2D eigenvalue weighted by Crippen LogP contribution is -2.09. The van der Waals surface area contributed by atoms with Gasteiger partial charge in [0.05, 0.1) is 6.61 Å². The van der Waals surface area contributed by atoms with E-state index in [2.05, 4.69) is 25.8 Å². The number of alkyl halides is 1. The van der Waals surface area contributed by atoms with Gasteiger partial charge in [0.25, 0.3) is 0 Å². The molecule has 0 radical (unpaired) electrons. The summed E-state index contributed by atoms with van der Waals surface area (Å²) in [5.74, 6) is 1.48. The van der Waals surface area contributed by atoms with Crippen LogP contribution in [0.15, 0.2) is 12.1 Å². The van der Waals surface area contributed by atoms with Crippen LogP contribution in [-0.4, -0.2) is 24.8 Å². The molecule has 0 spiro atoms. The van der Waals surface area contributed by atoms with E-state index >= 15 is 0 Å². The van der Waals surface area contributed by atoms with Crippen molar-refractivity contribution < 1.29 is 9.47 Å². The summed E-state index contributed by atoms with van der Waals surface area (Å²) in [6.45, 7) is 8.19. The van der Waals surface area contributed by atoms with Crippen LogP contribution < -0.4 is 4.74 Å². The number of hydrogen-bond acceptors (Lipinski definition) is 3. The number of nitrogens with zero attached hydrogens (tertiary/aromatic N) is 1. The first-order valence-electron chi connectivity index (χ1n) is 6.44. The van der Waals surface area contributed by atoms with E-state index in [9.17, 15) is 0 Å². The summed E-state index contributed by atoms with van der Waals surface area (Å²) in [4.78, 5) is 4.46.